The Balaban J connectivity index is 2.20. The zero-order valence-corrected chi connectivity index (χ0v) is 10.2. The summed E-state index contributed by atoms with van der Waals surface area (Å²) in [5, 5.41) is 2.75. The van der Waals surface area contributed by atoms with Crippen molar-refractivity contribution >= 4 is 17.3 Å². The largest absolute Gasteiger partial charge is 0.495 e. The van der Waals surface area contributed by atoms with Crippen LogP contribution in [0.5, 0.6) is 5.75 Å². The summed E-state index contributed by atoms with van der Waals surface area (Å²) in [4.78, 5) is 15.8. The SMILES string of the molecule is COc1cc(NC(=O)c2cncn2C)ccc1N. The van der Waals surface area contributed by atoms with E-state index in [-0.39, 0.29) is 5.91 Å². The van der Waals surface area contributed by atoms with Crippen molar-refractivity contribution in [3.63, 3.8) is 0 Å². The van der Waals surface area contributed by atoms with Crippen LogP contribution in [0.1, 0.15) is 10.5 Å². The van der Waals surface area contributed by atoms with Crippen LogP contribution in [0, 0.1) is 0 Å². The van der Waals surface area contributed by atoms with Gasteiger partial charge in [0.1, 0.15) is 11.4 Å². The van der Waals surface area contributed by atoms with E-state index in [0.29, 0.717) is 22.8 Å². The summed E-state index contributed by atoms with van der Waals surface area (Å²) in [5.74, 6) is 0.291. The van der Waals surface area contributed by atoms with Crippen molar-refractivity contribution in [2.75, 3.05) is 18.2 Å². The molecule has 0 saturated carbocycles. The molecule has 2 aromatic rings. The van der Waals surface area contributed by atoms with Crippen LogP contribution < -0.4 is 15.8 Å². The number of anilines is 2. The number of nitrogens with two attached hydrogens (primary N) is 1. The maximum Gasteiger partial charge on any atom is 0.273 e. The zero-order valence-electron chi connectivity index (χ0n) is 10.2. The molecular weight excluding hydrogens is 232 g/mol. The number of nitrogen functional groups attached to an aromatic ring is 1. The van der Waals surface area contributed by atoms with Gasteiger partial charge in [0, 0.05) is 18.8 Å². The number of aromatic nitrogens is 2. The number of aryl methyl sites for hydroxylation is 1. The molecule has 1 aromatic carbocycles. The van der Waals surface area contributed by atoms with Gasteiger partial charge in [0.25, 0.3) is 5.91 Å². The minimum Gasteiger partial charge on any atom is -0.495 e. The molecule has 0 aliphatic carbocycles. The Bertz CT molecular complexity index is 577. The van der Waals surface area contributed by atoms with Crippen LogP contribution in [0.2, 0.25) is 0 Å². The predicted octanol–water partition coefficient (Wildman–Crippen LogP) is 1.26. The van der Waals surface area contributed by atoms with E-state index in [1.165, 1.54) is 13.3 Å². The summed E-state index contributed by atoms with van der Waals surface area (Å²) in [5.41, 5.74) is 7.32. The number of nitrogens with zero attached hydrogens (tertiary/aromatic N) is 2. The molecule has 3 N–H and O–H groups in total. The number of carbonyl (C=O) groups is 1. The molecule has 18 heavy (non-hydrogen) atoms. The molecule has 94 valence electrons. The lowest BCUT2D eigenvalue weighted by atomic mass is 10.2. The Kier molecular flexibility index (Phi) is 3.18. The summed E-state index contributed by atoms with van der Waals surface area (Å²) in [6.45, 7) is 0. The first kappa shape index (κ1) is 12.0. The van der Waals surface area contributed by atoms with E-state index in [2.05, 4.69) is 10.3 Å². The van der Waals surface area contributed by atoms with Crippen molar-refractivity contribution in [3.8, 4) is 5.75 Å². The van der Waals surface area contributed by atoms with E-state index in [0.717, 1.165) is 0 Å². The molecule has 0 saturated heterocycles. The minimum absolute atomic E-state index is 0.234. The van der Waals surface area contributed by atoms with Gasteiger partial charge < -0.3 is 20.4 Å². The molecule has 0 bridgehead atoms. The van der Waals surface area contributed by atoms with Crippen molar-refractivity contribution in [2.24, 2.45) is 7.05 Å². The first-order valence-electron chi connectivity index (χ1n) is 5.33. The molecular formula is C12H14N4O2. The van der Waals surface area contributed by atoms with E-state index in [9.17, 15) is 4.79 Å². The summed E-state index contributed by atoms with van der Waals surface area (Å²) in [7, 11) is 3.28. The van der Waals surface area contributed by atoms with Crippen molar-refractivity contribution in [1.82, 2.24) is 9.55 Å². The van der Waals surface area contributed by atoms with Crippen LogP contribution >= 0.6 is 0 Å². The highest BCUT2D eigenvalue weighted by Gasteiger charge is 2.10. The van der Waals surface area contributed by atoms with Crippen molar-refractivity contribution < 1.29 is 9.53 Å². The first-order valence-corrected chi connectivity index (χ1v) is 5.33. The van der Waals surface area contributed by atoms with Gasteiger partial charge in [-0.1, -0.05) is 0 Å². The predicted molar refractivity (Wildman–Crippen MR) is 68.6 cm³/mol. The summed E-state index contributed by atoms with van der Waals surface area (Å²) in [6, 6.07) is 5.06. The highest BCUT2D eigenvalue weighted by atomic mass is 16.5. The lowest BCUT2D eigenvalue weighted by Crippen LogP contribution is -2.15. The van der Waals surface area contributed by atoms with E-state index >= 15 is 0 Å². The summed E-state index contributed by atoms with van der Waals surface area (Å²) in [6.07, 6.45) is 3.07. The minimum atomic E-state index is -0.234. The molecule has 0 atom stereocenters. The topological polar surface area (TPSA) is 82.2 Å². The van der Waals surface area contributed by atoms with Crippen molar-refractivity contribution in [2.45, 2.75) is 0 Å². The van der Waals surface area contributed by atoms with Gasteiger partial charge in [0.05, 0.1) is 25.3 Å². The summed E-state index contributed by atoms with van der Waals surface area (Å²) < 4.78 is 6.73. The number of carbonyl (C=O) groups excluding carboxylic acids is 1. The zero-order chi connectivity index (χ0) is 13.1. The molecule has 1 aromatic heterocycles. The second kappa shape index (κ2) is 4.79. The lowest BCUT2D eigenvalue weighted by molar-refractivity contribution is 0.101. The van der Waals surface area contributed by atoms with Crippen LogP contribution in [0.3, 0.4) is 0 Å². The van der Waals surface area contributed by atoms with Gasteiger partial charge in [-0.2, -0.15) is 0 Å². The Labute approximate surface area is 104 Å². The Morgan fingerprint density at radius 1 is 1.50 bits per heavy atom. The van der Waals surface area contributed by atoms with Gasteiger partial charge in [-0.3, -0.25) is 4.79 Å². The third-order valence-corrected chi connectivity index (χ3v) is 2.54. The molecule has 0 aliphatic heterocycles. The number of amides is 1. The van der Waals surface area contributed by atoms with Crippen molar-refractivity contribution in [3.05, 3.63) is 36.4 Å². The number of nitrogens with one attached hydrogen (secondary N) is 1. The standard InChI is InChI=1S/C12H14N4O2/c1-16-7-14-6-10(16)12(17)15-8-3-4-9(13)11(5-8)18-2/h3-7H,13H2,1-2H3,(H,15,17). The van der Waals surface area contributed by atoms with E-state index < -0.39 is 0 Å². The number of benzene rings is 1. The number of hydrogen-bond acceptors (Lipinski definition) is 4. The highest BCUT2D eigenvalue weighted by Crippen LogP contribution is 2.25. The molecule has 1 amide bonds. The number of rotatable bonds is 3. The molecule has 6 nitrogen and oxygen atoms in total. The Morgan fingerprint density at radius 3 is 2.89 bits per heavy atom. The molecule has 0 spiro atoms. The molecule has 0 fully saturated rings. The molecule has 0 unspecified atom stereocenters. The average Bonchev–Trinajstić information content (AvgIpc) is 2.78. The fourth-order valence-electron chi connectivity index (χ4n) is 1.56. The molecule has 0 aliphatic rings. The maximum atomic E-state index is 11.9. The van der Waals surface area contributed by atoms with Gasteiger partial charge >= 0.3 is 0 Å². The third kappa shape index (κ3) is 2.27. The lowest BCUT2D eigenvalue weighted by Gasteiger charge is -2.09. The van der Waals surface area contributed by atoms with E-state index in [4.69, 9.17) is 10.5 Å². The van der Waals surface area contributed by atoms with Gasteiger partial charge in [-0.05, 0) is 12.1 Å². The van der Waals surface area contributed by atoms with Crippen LogP contribution in [-0.2, 0) is 7.05 Å². The third-order valence-electron chi connectivity index (χ3n) is 2.54. The molecule has 6 heteroatoms. The van der Waals surface area contributed by atoms with E-state index in [1.54, 1.807) is 36.1 Å². The average molecular weight is 246 g/mol. The molecule has 0 radical (unpaired) electrons. The second-order valence-electron chi connectivity index (χ2n) is 3.80. The van der Waals surface area contributed by atoms with Gasteiger partial charge in [-0.15, -0.1) is 0 Å². The van der Waals surface area contributed by atoms with Gasteiger partial charge in [-0.25, -0.2) is 4.98 Å². The number of imidazole rings is 1. The van der Waals surface area contributed by atoms with Crippen molar-refractivity contribution in [1.29, 1.82) is 0 Å². The maximum absolute atomic E-state index is 11.9. The molecule has 2 rings (SSSR count). The van der Waals surface area contributed by atoms with Crippen LogP contribution in [0.15, 0.2) is 30.7 Å². The summed E-state index contributed by atoms with van der Waals surface area (Å²) >= 11 is 0. The van der Waals surface area contributed by atoms with Gasteiger partial charge in [0.2, 0.25) is 0 Å². The monoisotopic (exact) mass is 246 g/mol. The number of hydrogen-bond donors (Lipinski definition) is 2. The van der Waals surface area contributed by atoms with Crippen LogP contribution in [0.4, 0.5) is 11.4 Å². The highest BCUT2D eigenvalue weighted by molar-refractivity contribution is 6.03. The van der Waals surface area contributed by atoms with Crippen LogP contribution in [-0.4, -0.2) is 22.6 Å². The smallest absolute Gasteiger partial charge is 0.273 e. The quantitative estimate of drug-likeness (QED) is 0.799. The fourth-order valence-corrected chi connectivity index (χ4v) is 1.56. The van der Waals surface area contributed by atoms with E-state index in [1.807, 2.05) is 0 Å². The first-order chi connectivity index (χ1) is 8.61. The van der Waals surface area contributed by atoms with Gasteiger partial charge in [0.15, 0.2) is 0 Å². The Morgan fingerprint density at radius 2 is 2.28 bits per heavy atom. The number of methoxy groups -OCH3 is 1. The normalized spacial score (nSPS) is 10.1. The molecule has 1 heterocycles. The fraction of sp³-hybridized carbons (Fsp3) is 0.167. The van der Waals surface area contributed by atoms with Crippen LogP contribution in [0.25, 0.3) is 0 Å². The number of ether oxygens (including phenoxy) is 1. The second-order valence-corrected chi connectivity index (χ2v) is 3.80. The Hall–Kier alpha value is -2.50.